The third-order valence-corrected chi connectivity index (χ3v) is 7.29. The summed E-state index contributed by atoms with van der Waals surface area (Å²) in [6.07, 6.45) is 0. The number of fused-ring (bicyclic) bond motifs is 2. The van der Waals surface area contributed by atoms with Crippen LogP contribution in [0.15, 0.2) is 88.5 Å². The van der Waals surface area contributed by atoms with Gasteiger partial charge in [-0.25, -0.2) is 4.98 Å². The van der Waals surface area contributed by atoms with Crippen molar-refractivity contribution < 1.29 is 19.1 Å². The number of anilines is 1. The highest BCUT2D eigenvalue weighted by Crippen LogP contribution is 2.44. The third-order valence-electron chi connectivity index (χ3n) is 6.04. The molecule has 172 valence electrons. The van der Waals surface area contributed by atoms with Gasteiger partial charge in [0.15, 0.2) is 16.7 Å². The minimum absolute atomic E-state index is 0.0461. The summed E-state index contributed by atoms with van der Waals surface area (Å²) in [7, 11) is 0. The second-order valence-electron chi connectivity index (χ2n) is 8.34. The van der Waals surface area contributed by atoms with E-state index in [0.29, 0.717) is 26.8 Å². The molecular formula is C27H17ClN2O4S. The molecular weight excluding hydrogens is 484 g/mol. The summed E-state index contributed by atoms with van der Waals surface area (Å²) in [5.74, 6) is -1.81. The lowest BCUT2D eigenvalue weighted by Crippen LogP contribution is -2.30. The first-order chi connectivity index (χ1) is 16.9. The molecule has 0 fully saturated rings. The SMILES string of the molecule is Cc1ccc(C2C(C(=O)c3cc4ccccc4o3)=C(O)C(=O)N2c2nc3ccc(Cl)cc3s2)cc1. The standard InChI is InChI=1S/C27H17ClN2O4S/c1-14-6-8-15(9-7-14)23-22(24(31)20-12-16-4-2-3-5-19(16)34-20)25(32)26(33)30(23)27-29-18-11-10-17(28)13-21(18)35-27/h2-13,23,32H,1H3. The number of halogens is 1. The summed E-state index contributed by atoms with van der Waals surface area (Å²) in [5.41, 5.74) is 2.87. The Morgan fingerprint density at radius 3 is 2.63 bits per heavy atom. The van der Waals surface area contributed by atoms with E-state index in [1.807, 2.05) is 49.4 Å². The average Bonchev–Trinajstić information content (AvgIpc) is 3.53. The fraction of sp³-hybridized carbons (Fsp3) is 0.0741. The number of amides is 1. The molecule has 6 rings (SSSR count). The number of Topliss-reactive ketones (excluding diaryl/α,β-unsaturated/α-hetero) is 1. The Morgan fingerprint density at radius 1 is 1.09 bits per heavy atom. The van der Waals surface area contributed by atoms with Crippen LogP contribution in [0.5, 0.6) is 0 Å². The van der Waals surface area contributed by atoms with Crippen molar-refractivity contribution >= 4 is 60.9 Å². The highest BCUT2D eigenvalue weighted by atomic mass is 35.5. The zero-order valence-corrected chi connectivity index (χ0v) is 19.9. The second kappa shape index (κ2) is 8.08. The Morgan fingerprint density at radius 2 is 1.86 bits per heavy atom. The predicted molar refractivity (Wildman–Crippen MR) is 136 cm³/mol. The van der Waals surface area contributed by atoms with Gasteiger partial charge < -0.3 is 9.52 Å². The van der Waals surface area contributed by atoms with Crippen molar-refractivity contribution in [2.24, 2.45) is 0 Å². The highest BCUT2D eigenvalue weighted by molar-refractivity contribution is 7.22. The van der Waals surface area contributed by atoms with E-state index in [1.165, 1.54) is 16.2 Å². The highest BCUT2D eigenvalue weighted by Gasteiger charge is 2.46. The molecule has 2 aromatic heterocycles. The Labute approximate surface area is 208 Å². The number of para-hydroxylation sites is 1. The zero-order valence-electron chi connectivity index (χ0n) is 18.4. The lowest BCUT2D eigenvalue weighted by atomic mass is 9.94. The first-order valence-electron chi connectivity index (χ1n) is 10.8. The molecule has 1 atom stereocenters. The minimum Gasteiger partial charge on any atom is -0.503 e. The molecule has 0 spiro atoms. The molecule has 3 heterocycles. The van der Waals surface area contributed by atoms with E-state index < -0.39 is 23.5 Å². The summed E-state index contributed by atoms with van der Waals surface area (Å²) >= 11 is 7.41. The summed E-state index contributed by atoms with van der Waals surface area (Å²) in [6.45, 7) is 1.95. The molecule has 1 aliphatic rings. The van der Waals surface area contributed by atoms with Crippen LogP contribution in [0.4, 0.5) is 5.13 Å². The molecule has 0 saturated heterocycles. The molecule has 3 aromatic carbocycles. The number of thiazole rings is 1. The van der Waals surface area contributed by atoms with Crippen molar-refractivity contribution in [2.45, 2.75) is 13.0 Å². The lowest BCUT2D eigenvalue weighted by Gasteiger charge is -2.24. The van der Waals surface area contributed by atoms with E-state index in [9.17, 15) is 14.7 Å². The molecule has 35 heavy (non-hydrogen) atoms. The van der Waals surface area contributed by atoms with Crippen molar-refractivity contribution in [1.82, 2.24) is 4.98 Å². The first kappa shape index (κ1) is 21.6. The topological polar surface area (TPSA) is 83.6 Å². The summed E-state index contributed by atoms with van der Waals surface area (Å²) in [4.78, 5) is 33.1. The van der Waals surface area contributed by atoms with Crippen LogP contribution in [0.2, 0.25) is 5.02 Å². The van der Waals surface area contributed by atoms with Crippen molar-refractivity contribution in [3.63, 3.8) is 0 Å². The summed E-state index contributed by atoms with van der Waals surface area (Å²) < 4.78 is 6.57. The Bertz CT molecular complexity index is 1650. The van der Waals surface area contributed by atoms with Crippen LogP contribution in [0.3, 0.4) is 0 Å². The van der Waals surface area contributed by atoms with E-state index in [0.717, 1.165) is 15.6 Å². The van der Waals surface area contributed by atoms with Crippen LogP contribution in [-0.4, -0.2) is 21.8 Å². The molecule has 6 nitrogen and oxygen atoms in total. The van der Waals surface area contributed by atoms with Crippen molar-refractivity contribution in [2.75, 3.05) is 4.90 Å². The van der Waals surface area contributed by atoms with Crippen LogP contribution in [0, 0.1) is 6.92 Å². The maximum absolute atomic E-state index is 13.7. The van der Waals surface area contributed by atoms with Gasteiger partial charge in [-0.3, -0.25) is 14.5 Å². The van der Waals surface area contributed by atoms with Gasteiger partial charge in [-0.2, -0.15) is 0 Å². The third kappa shape index (κ3) is 3.51. The molecule has 1 aliphatic heterocycles. The van der Waals surface area contributed by atoms with Gasteiger partial charge >= 0.3 is 0 Å². The van der Waals surface area contributed by atoms with Gasteiger partial charge in [0, 0.05) is 10.4 Å². The van der Waals surface area contributed by atoms with Crippen molar-refractivity contribution in [1.29, 1.82) is 0 Å². The normalized spacial score (nSPS) is 16.1. The molecule has 1 N–H and O–H groups in total. The lowest BCUT2D eigenvalue weighted by molar-refractivity contribution is -0.117. The van der Waals surface area contributed by atoms with Crippen LogP contribution in [0.25, 0.3) is 21.2 Å². The number of hydrogen-bond acceptors (Lipinski definition) is 6. The number of aryl methyl sites for hydroxylation is 1. The maximum atomic E-state index is 13.7. The molecule has 8 heteroatoms. The number of carbonyl (C=O) groups excluding carboxylic acids is 2. The second-order valence-corrected chi connectivity index (χ2v) is 9.78. The fourth-order valence-electron chi connectivity index (χ4n) is 4.31. The van der Waals surface area contributed by atoms with Gasteiger partial charge in [0.25, 0.3) is 5.91 Å². The quantitative estimate of drug-likeness (QED) is 0.275. The molecule has 1 unspecified atom stereocenters. The first-order valence-corrected chi connectivity index (χ1v) is 12.0. The van der Waals surface area contributed by atoms with Gasteiger partial charge in [0.05, 0.1) is 21.8 Å². The minimum atomic E-state index is -0.875. The van der Waals surface area contributed by atoms with Gasteiger partial charge in [0.1, 0.15) is 5.58 Å². The van der Waals surface area contributed by atoms with Crippen LogP contribution >= 0.6 is 22.9 Å². The van der Waals surface area contributed by atoms with E-state index in [-0.39, 0.29) is 11.3 Å². The van der Waals surface area contributed by atoms with Gasteiger partial charge in [0.2, 0.25) is 5.78 Å². The van der Waals surface area contributed by atoms with E-state index in [2.05, 4.69) is 4.98 Å². The van der Waals surface area contributed by atoms with Gasteiger partial charge in [-0.1, -0.05) is 71.0 Å². The number of nitrogens with zero attached hydrogens (tertiary/aromatic N) is 2. The number of carbonyl (C=O) groups is 2. The molecule has 1 amide bonds. The fourth-order valence-corrected chi connectivity index (χ4v) is 5.58. The van der Waals surface area contributed by atoms with Crippen LogP contribution in [-0.2, 0) is 4.79 Å². The summed E-state index contributed by atoms with van der Waals surface area (Å²) in [5, 5.41) is 12.7. The number of aromatic nitrogens is 1. The van der Waals surface area contributed by atoms with E-state index in [4.69, 9.17) is 16.0 Å². The average molecular weight is 501 g/mol. The molecule has 0 bridgehead atoms. The number of hydrogen-bond donors (Lipinski definition) is 1. The summed E-state index contributed by atoms with van der Waals surface area (Å²) in [6, 6.07) is 20.7. The number of rotatable bonds is 4. The van der Waals surface area contributed by atoms with Crippen molar-refractivity contribution in [3.8, 4) is 0 Å². The van der Waals surface area contributed by atoms with E-state index >= 15 is 0 Å². The van der Waals surface area contributed by atoms with Crippen molar-refractivity contribution in [3.05, 3.63) is 106 Å². The zero-order chi connectivity index (χ0) is 24.3. The predicted octanol–water partition coefficient (Wildman–Crippen LogP) is 6.79. The number of aliphatic hydroxyl groups excluding tert-OH is 1. The number of ketones is 1. The smallest absolute Gasteiger partial charge is 0.296 e. The van der Waals surface area contributed by atoms with Gasteiger partial charge in [-0.05, 0) is 42.8 Å². The van der Waals surface area contributed by atoms with E-state index in [1.54, 1.807) is 30.3 Å². The largest absolute Gasteiger partial charge is 0.503 e. The Balaban J connectivity index is 1.51. The molecule has 0 aliphatic carbocycles. The number of benzene rings is 3. The monoisotopic (exact) mass is 500 g/mol. The van der Waals surface area contributed by atoms with Gasteiger partial charge in [-0.15, -0.1) is 0 Å². The molecule has 5 aromatic rings. The maximum Gasteiger partial charge on any atom is 0.296 e. The Hall–Kier alpha value is -3.94. The molecule has 0 radical (unpaired) electrons. The molecule has 0 saturated carbocycles. The number of aliphatic hydroxyl groups is 1. The number of furan rings is 1. The van der Waals surface area contributed by atoms with Crippen LogP contribution in [0.1, 0.15) is 27.7 Å². The van der Waals surface area contributed by atoms with Crippen LogP contribution < -0.4 is 4.90 Å². The Kier molecular flexibility index (Phi) is 4.98.